The zero-order valence-electron chi connectivity index (χ0n) is 47.4. The Balaban J connectivity index is 4.40. The number of ether oxygens (including phenoxy) is 3. The zero-order valence-corrected chi connectivity index (χ0v) is 47.4. The Bertz CT molecular complexity index is 1380. The molecule has 6 heteroatoms. The van der Waals surface area contributed by atoms with Crippen molar-refractivity contribution in [3.63, 3.8) is 0 Å². The molecule has 0 aromatic carbocycles. The molecule has 6 nitrogen and oxygen atoms in total. The van der Waals surface area contributed by atoms with E-state index in [1.807, 2.05) is 6.08 Å². The van der Waals surface area contributed by atoms with E-state index < -0.39 is 12.1 Å². The second-order valence-corrected chi connectivity index (χ2v) is 20.3. The van der Waals surface area contributed by atoms with Gasteiger partial charge in [0.25, 0.3) is 0 Å². The number of allylic oxidation sites excluding steroid dienone is 13. The third kappa shape index (κ3) is 57.5. The summed E-state index contributed by atoms with van der Waals surface area (Å²) < 4.78 is 16.8. The minimum absolute atomic E-state index is 0.105. The minimum atomic E-state index is -0.816. The first-order valence-electron chi connectivity index (χ1n) is 30.6. The maximum atomic E-state index is 12.9. The summed E-state index contributed by atoms with van der Waals surface area (Å²) >= 11 is 0. The molecule has 0 saturated carbocycles. The summed E-state index contributed by atoms with van der Waals surface area (Å²) in [6.07, 6.45) is 78.9. The Labute approximate surface area is 445 Å². The maximum absolute atomic E-state index is 12.9. The molecule has 0 aromatic rings. The van der Waals surface area contributed by atoms with Crippen LogP contribution < -0.4 is 0 Å². The van der Waals surface area contributed by atoms with Gasteiger partial charge in [0.2, 0.25) is 0 Å². The zero-order chi connectivity index (χ0) is 52.2. The van der Waals surface area contributed by atoms with Crippen molar-refractivity contribution in [2.75, 3.05) is 13.2 Å². The number of hydrogen-bond acceptors (Lipinski definition) is 6. The Kier molecular flexibility index (Phi) is 57.3. The van der Waals surface area contributed by atoms with Crippen molar-refractivity contribution < 1.29 is 28.6 Å². The summed E-state index contributed by atoms with van der Waals surface area (Å²) in [5, 5.41) is 0. The van der Waals surface area contributed by atoms with Crippen molar-refractivity contribution >= 4 is 17.9 Å². The lowest BCUT2D eigenvalue weighted by atomic mass is 10.0. The molecule has 0 bridgehead atoms. The fraction of sp³-hybridized carbons (Fsp3) is 0.742. The molecular formula is C66H114O6. The van der Waals surface area contributed by atoms with E-state index in [1.54, 1.807) is 6.08 Å². The highest BCUT2D eigenvalue weighted by atomic mass is 16.6. The van der Waals surface area contributed by atoms with Crippen molar-refractivity contribution in [3.8, 4) is 0 Å². The lowest BCUT2D eigenvalue weighted by Crippen LogP contribution is -2.30. The molecule has 72 heavy (non-hydrogen) atoms. The minimum Gasteiger partial charge on any atom is -0.462 e. The number of esters is 3. The normalized spacial score (nSPS) is 12.7. The maximum Gasteiger partial charge on any atom is 0.309 e. The molecule has 0 rings (SSSR count). The van der Waals surface area contributed by atoms with Gasteiger partial charge in [-0.1, -0.05) is 286 Å². The van der Waals surface area contributed by atoms with Crippen molar-refractivity contribution in [2.24, 2.45) is 0 Å². The fourth-order valence-electron chi connectivity index (χ4n) is 8.61. The molecule has 0 radical (unpaired) electrons. The van der Waals surface area contributed by atoms with Crippen molar-refractivity contribution in [1.29, 1.82) is 0 Å². The summed E-state index contributed by atoms with van der Waals surface area (Å²) in [6.45, 7) is 6.46. The van der Waals surface area contributed by atoms with Crippen LogP contribution in [-0.4, -0.2) is 37.2 Å². The van der Waals surface area contributed by atoms with E-state index in [2.05, 4.69) is 93.7 Å². The van der Waals surface area contributed by atoms with Gasteiger partial charge >= 0.3 is 17.9 Å². The average Bonchev–Trinajstić information content (AvgIpc) is 3.38. The SMILES string of the molecule is CC/C=C\C/C=C\C/C=C\C/C=C\C/C=C\CC(=O)OCC(COC(=O)CCCCCCCCCCCCC/C=C\C/C=C\CCCCCCC)OC(=O)CCCCCCCCCCCCCCCCCC. The average molecular weight is 1000 g/mol. The van der Waals surface area contributed by atoms with Crippen molar-refractivity contribution in [1.82, 2.24) is 0 Å². The van der Waals surface area contributed by atoms with Gasteiger partial charge in [-0.3, -0.25) is 14.4 Å². The molecule has 0 aliphatic rings. The van der Waals surface area contributed by atoms with Gasteiger partial charge in [0.15, 0.2) is 6.10 Å². The third-order valence-corrected chi connectivity index (χ3v) is 13.2. The largest absolute Gasteiger partial charge is 0.462 e. The molecule has 0 aromatic heterocycles. The number of carbonyl (C=O) groups excluding carboxylic acids is 3. The highest BCUT2D eigenvalue weighted by Gasteiger charge is 2.19. The number of carbonyl (C=O) groups is 3. The van der Waals surface area contributed by atoms with Crippen LogP contribution in [0.4, 0.5) is 0 Å². The van der Waals surface area contributed by atoms with Gasteiger partial charge in [0.05, 0.1) is 6.42 Å². The first-order chi connectivity index (χ1) is 35.5. The first kappa shape index (κ1) is 68.6. The van der Waals surface area contributed by atoms with Gasteiger partial charge in [0, 0.05) is 12.8 Å². The third-order valence-electron chi connectivity index (χ3n) is 13.2. The molecule has 0 fully saturated rings. The molecule has 0 saturated heterocycles. The standard InChI is InChI=1S/C66H114O6/c1-4-7-10-13-16-19-22-25-28-30-31-32-33-34-35-36-39-41-44-47-50-53-56-59-65(68)71-62-63(61-70-64(67)58-55-52-49-46-43-40-37-27-24-21-18-15-12-9-6-3)72-66(69)60-57-54-51-48-45-42-38-29-26-23-20-17-14-11-8-5-2/h9,12,18,21-22,25,27,30-31,37,43,46,52,55,63H,4-8,10-11,13-17,19-20,23-24,26,28-29,32-36,38-42,44-45,47-51,53-54,56-62H2,1-3H3/b12-9-,21-18-,25-22-,31-30-,37-27-,46-43-,55-52-. The summed E-state index contributed by atoms with van der Waals surface area (Å²) in [5.41, 5.74) is 0. The molecule has 0 heterocycles. The van der Waals surface area contributed by atoms with E-state index in [-0.39, 0.29) is 31.6 Å². The van der Waals surface area contributed by atoms with Crippen molar-refractivity contribution in [3.05, 3.63) is 85.1 Å². The second-order valence-electron chi connectivity index (χ2n) is 20.3. The smallest absolute Gasteiger partial charge is 0.309 e. The molecule has 1 atom stereocenters. The summed E-state index contributed by atoms with van der Waals surface area (Å²) in [6, 6.07) is 0. The highest BCUT2D eigenvalue weighted by Crippen LogP contribution is 2.16. The van der Waals surface area contributed by atoms with Crippen LogP contribution in [0.15, 0.2) is 85.1 Å². The van der Waals surface area contributed by atoms with Crippen LogP contribution in [0.25, 0.3) is 0 Å². The quantitative estimate of drug-likeness (QED) is 0.0261. The Morgan fingerprint density at radius 3 is 0.972 bits per heavy atom. The van der Waals surface area contributed by atoms with Crippen LogP contribution in [0.2, 0.25) is 0 Å². The molecule has 0 amide bonds. The lowest BCUT2D eigenvalue weighted by molar-refractivity contribution is -0.166. The highest BCUT2D eigenvalue weighted by molar-refractivity contribution is 5.72. The molecule has 0 N–H and O–H groups in total. The van der Waals surface area contributed by atoms with E-state index in [0.717, 1.165) is 77.0 Å². The predicted molar refractivity (Wildman–Crippen MR) is 311 cm³/mol. The Morgan fingerprint density at radius 2 is 0.597 bits per heavy atom. The van der Waals surface area contributed by atoms with E-state index in [4.69, 9.17) is 14.2 Å². The van der Waals surface area contributed by atoms with Crippen LogP contribution >= 0.6 is 0 Å². The Hall–Kier alpha value is -3.41. The van der Waals surface area contributed by atoms with E-state index in [1.165, 1.54) is 180 Å². The van der Waals surface area contributed by atoms with E-state index in [0.29, 0.717) is 12.8 Å². The van der Waals surface area contributed by atoms with Crippen LogP contribution in [0.5, 0.6) is 0 Å². The molecule has 414 valence electrons. The van der Waals surface area contributed by atoms with Gasteiger partial charge in [0.1, 0.15) is 13.2 Å². The molecule has 0 spiro atoms. The van der Waals surface area contributed by atoms with Gasteiger partial charge in [-0.25, -0.2) is 0 Å². The lowest BCUT2D eigenvalue weighted by Gasteiger charge is -2.18. The number of unbranched alkanes of at least 4 members (excludes halogenated alkanes) is 31. The van der Waals surface area contributed by atoms with Gasteiger partial charge in [-0.15, -0.1) is 0 Å². The van der Waals surface area contributed by atoms with Gasteiger partial charge in [-0.2, -0.15) is 0 Å². The second kappa shape index (κ2) is 60.1. The van der Waals surface area contributed by atoms with Crippen LogP contribution in [0.3, 0.4) is 0 Å². The van der Waals surface area contributed by atoms with E-state index >= 15 is 0 Å². The summed E-state index contributed by atoms with van der Waals surface area (Å²) in [7, 11) is 0. The fourth-order valence-corrected chi connectivity index (χ4v) is 8.61. The van der Waals surface area contributed by atoms with Crippen LogP contribution in [0.1, 0.15) is 297 Å². The summed E-state index contributed by atoms with van der Waals surface area (Å²) in [4.78, 5) is 38.2. The van der Waals surface area contributed by atoms with Crippen molar-refractivity contribution in [2.45, 2.75) is 303 Å². The van der Waals surface area contributed by atoms with Gasteiger partial charge < -0.3 is 14.2 Å². The molecular weight excluding hydrogens is 889 g/mol. The van der Waals surface area contributed by atoms with Crippen LogP contribution in [-0.2, 0) is 28.6 Å². The monoisotopic (exact) mass is 1000 g/mol. The molecule has 0 aliphatic heterocycles. The number of hydrogen-bond donors (Lipinski definition) is 0. The number of rotatable bonds is 55. The first-order valence-corrected chi connectivity index (χ1v) is 30.6. The summed E-state index contributed by atoms with van der Waals surface area (Å²) in [5.74, 6) is -1.03. The van der Waals surface area contributed by atoms with E-state index in [9.17, 15) is 14.4 Å². The molecule has 0 aliphatic carbocycles. The topological polar surface area (TPSA) is 78.9 Å². The van der Waals surface area contributed by atoms with Gasteiger partial charge in [-0.05, 0) is 77.0 Å². The Morgan fingerprint density at radius 1 is 0.306 bits per heavy atom. The predicted octanol–water partition coefficient (Wildman–Crippen LogP) is 20.7. The molecule has 1 unspecified atom stereocenters. The van der Waals surface area contributed by atoms with Crippen LogP contribution in [0, 0.1) is 0 Å².